The number of hydrogen-bond acceptors (Lipinski definition) is 3. The molecule has 0 saturated heterocycles. The van der Waals surface area contributed by atoms with Crippen LogP contribution < -0.4 is 10.5 Å². The van der Waals surface area contributed by atoms with Crippen LogP contribution in [0, 0.1) is 20.8 Å². The average molecular weight is 281 g/mol. The fraction of sp³-hybridized carbons (Fsp3) is 0.235. The van der Waals surface area contributed by atoms with Crippen LogP contribution in [-0.4, -0.2) is 16.5 Å². The standard InChI is InChI=1S/C17H19N3O/c1-10-5-6-20-15(7-10)19-16(17(20)18)13-8-12(3)14(21-4)9-11(13)2/h5-9H,18H2,1-4H3. The summed E-state index contributed by atoms with van der Waals surface area (Å²) in [5.41, 5.74) is 12.4. The van der Waals surface area contributed by atoms with Crippen LogP contribution in [0.4, 0.5) is 5.82 Å². The third-order valence-corrected chi connectivity index (χ3v) is 3.82. The number of rotatable bonds is 2. The maximum absolute atomic E-state index is 6.28. The normalized spacial score (nSPS) is 11.0. The molecule has 4 nitrogen and oxygen atoms in total. The van der Waals surface area contributed by atoms with E-state index in [0.717, 1.165) is 33.8 Å². The first-order valence-corrected chi connectivity index (χ1v) is 6.91. The molecule has 3 aromatic rings. The van der Waals surface area contributed by atoms with Gasteiger partial charge in [0.25, 0.3) is 0 Å². The summed E-state index contributed by atoms with van der Waals surface area (Å²) in [6.07, 6.45) is 1.96. The Hall–Kier alpha value is -2.49. The SMILES string of the molecule is COc1cc(C)c(-c2nc3cc(C)ccn3c2N)cc1C. The molecule has 0 fully saturated rings. The van der Waals surface area contributed by atoms with Crippen molar-refractivity contribution in [3.05, 3.63) is 47.2 Å². The van der Waals surface area contributed by atoms with Gasteiger partial charge in [-0.15, -0.1) is 0 Å². The van der Waals surface area contributed by atoms with Crippen LogP contribution in [0.3, 0.4) is 0 Å². The molecule has 0 unspecified atom stereocenters. The first-order chi connectivity index (χ1) is 10.0. The second-order valence-corrected chi connectivity index (χ2v) is 5.41. The van der Waals surface area contributed by atoms with Crippen LogP contribution in [0.15, 0.2) is 30.5 Å². The Balaban J connectivity index is 2.25. The zero-order valence-corrected chi connectivity index (χ0v) is 12.8. The molecule has 2 aromatic heterocycles. The van der Waals surface area contributed by atoms with Crippen molar-refractivity contribution >= 4 is 11.5 Å². The molecule has 0 aliphatic heterocycles. The molecule has 2 N–H and O–H groups in total. The summed E-state index contributed by atoms with van der Waals surface area (Å²) >= 11 is 0. The maximum atomic E-state index is 6.28. The number of aryl methyl sites for hydroxylation is 3. The fourth-order valence-electron chi connectivity index (χ4n) is 2.63. The summed E-state index contributed by atoms with van der Waals surface area (Å²) in [5.74, 6) is 1.55. The van der Waals surface area contributed by atoms with Gasteiger partial charge in [0.1, 0.15) is 22.9 Å². The Bertz CT molecular complexity index is 834. The minimum atomic E-state index is 0.665. The van der Waals surface area contributed by atoms with Gasteiger partial charge in [-0.25, -0.2) is 4.98 Å². The minimum Gasteiger partial charge on any atom is -0.496 e. The monoisotopic (exact) mass is 281 g/mol. The highest BCUT2D eigenvalue weighted by Gasteiger charge is 2.15. The maximum Gasteiger partial charge on any atom is 0.139 e. The van der Waals surface area contributed by atoms with Crippen molar-refractivity contribution in [1.82, 2.24) is 9.38 Å². The van der Waals surface area contributed by atoms with E-state index >= 15 is 0 Å². The number of fused-ring (bicyclic) bond motifs is 1. The lowest BCUT2D eigenvalue weighted by Gasteiger charge is -2.10. The summed E-state index contributed by atoms with van der Waals surface area (Å²) in [7, 11) is 1.68. The average Bonchev–Trinajstić information content (AvgIpc) is 2.77. The molecule has 0 atom stereocenters. The Morgan fingerprint density at radius 1 is 1.10 bits per heavy atom. The third-order valence-electron chi connectivity index (χ3n) is 3.82. The molecular weight excluding hydrogens is 262 g/mol. The van der Waals surface area contributed by atoms with Gasteiger partial charge in [-0.1, -0.05) is 0 Å². The van der Waals surface area contributed by atoms with Gasteiger partial charge in [-0.05, 0) is 61.7 Å². The molecule has 1 aromatic carbocycles. The lowest BCUT2D eigenvalue weighted by Crippen LogP contribution is -1.96. The van der Waals surface area contributed by atoms with E-state index in [4.69, 9.17) is 15.5 Å². The van der Waals surface area contributed by atoms with Gasteiger partial charge >= 0.3 is 0 Å². The molecule has 0 amide bonds. The van der Waals surface area contributed by atoms with E-state index in [2.05, 4.69) is 6.07 Å². The number of hydrogen-bond donors (Lipinski definition) is 1. The first-order valence-electron chi connectivity index (χ1n) is 6.91. The Morgan fingerprint density at radius 2 is 1.86 bits per heavy atom. The summed E-state index contributed by atoms with van der Waals surface area (Å²) in [5, 5.41) is 0. The predicted octanol–water partition coefficient (Wildman–Crippen LogP) is 3.52. The molecule has 0 aliphatic carbocycles. The molecular formula is C17H19N3O. The van der Waals surface area contributed by atoms with Gasteiger partial charge in [0.15, 0.2) is 0 Å². The van der Waals surface area contributed by atoms with Gasteiger partial charge in [-0.3, -0.25) is 4.40 Å². The molecule has 4 heteroatoms. The Labute approximate surface area is 124 Å². The highest BCUT2D eigenvalue weighted by Crippen LogP contribution is 2.33. The van der Waals surface area contributed by atoms with Crippen molar-refractivity contribution in [1.29, 1.82) is 0 Å². The van der Waals surface area contributed by atoms with Gasteiger partial charge < -0.3 is 10.5 Å². The minimum absolute atomic E-state index is 0.665. The van der Waals surface area contributed by atoms with Gasteiger partial charge in [0.2, 0.25) is 0 Å². The molecule has 0 saturated carbocycles. The van der Waals surface area contributed by atoms with E-state index in [1.807, 2.05) is 49.6 Å². The fourth-order valence-corrected chi connectivity index (χ4v) is 2.63. The summed E-state index contributed by atoms with van der Waals surface area (Å²) in [6, 6.07) is 8.17. The molecule has 0 aliphatic rings. The van der Waals surface area contributed by atoms with Crippen LogP contribution in [0.1, 0.15) is 16.7 Å². The summed E-state index contributed by atoms with van der Waals surface area (Å²) < 4.78 is 7.28. The van der Waals surface area contributed by atoms with Crippen LogP contribution in [0.5, 0.6) is 5.75 Å². The number of nitrogen functional groups attached to an aromatic ring is 1. The van der Waals surface area contributed by atoms with Gasteiger partial charge in [-0.2, -0.15) is 0 Å². The van der Waals surface area contributed by atoms with Gasteiger partial charge in [0, 0.05) is 11.8 Å². The quantitative estimate of drug-likeness (QED) is 0.782. The number of benzene rings is 1. The highest BCUT2D eigenvalue weighted by atomic mass is 16.5. The number of anilines is 1. The summed E-state index contributed by atoms with van der Waals surface area (Å²) in [6.45, 7) is 6.12. The van der Waals surface area contributed by atoms with Crippen molar-refractivity contribution < 1.29 is 4.74 Å². The number of nitrogens with two attached hydrogens (primary N) is 1. The number of pyridine rings is 1. The van der Waals surface area contributed by atoms with Crippen LogP contribution >= 0.6 is 0 Å². The van der Waals surface area contributed by atoms with E-state index in [1.54, 1.807) is 7.11 Å². The molecule has 3 rings (SSSR count). The van der Waals surface area contributed by atoms with Crippen molar-refractivity contribution in [3.63, 3.8) is 0 Å². The van der Waals surface area contributed by atoms with E-state index in [-0.39, 0.29) is 0 Å². The van der Waals surface area contributed by atoms with Crippen molar-refractivity contribution in [2.75, 3.05) is 12.8 Å². The van der Waals surface area contributed by atoms with Gasteiger partial charge in [0.05, 0.1) is 7.11 Å². The Morgan fingerprint density at radius 3 is 2.57 bits per heavy atom. The lowest BCUT2D eigenvalue weighted by molar-refractivity contribution is 0.411. The molecule has 0 radical (unpaired) electrons. The van der Waals surface area contributed by atoms with E-state index in [1.165, 1.54) is 5.56 Å². The lowest BCUT2D eigenvalue weighted by atomic mass is 10.0. The van der Waals surface area contributed by atoms with Crippen LogP contribution in [0.2, 0.25) is 0 Å². The third kappa shape index (κ3) is 2.13. The van der Waals surface area contributed by atoms with Crippen molar-refractivity contribution in [2.45, 2.75) is 20.8 Å². The number of imidazole rings is 1. The number of aromatic nitrogens is 2. The molecule has 0 spiro atoms. The van der Waals surface area contributed by atoms with Crippen molar-refractivity contribution in [3.8, 4) is 17.0 Å². The summed E-state index contributed by atoms with van der Waals surface area (Å²) in [4.78, 5) is 4.70. The van der Waals surface area contributed by atoms with E-state index in [0.29, 0.717) is 5.82 Å². The van der Waals surface area contributed by atoms with E-state index in [9.17, 15) is 0 Å². The number of methoxy groups -OCH3 is 1. The molecule has 108 valence electrons. The van der Waals surface area contributed by atoms with Crippen molar-refractivity contribution in [2.24, 2.45) is 0 Å². The zero-order chi connectivity index (χ0) is 15.1. The zero-order valence-electron chi connectivity index (χ0n) is 12.8. The van der Waals surface area contributed by atoms with E-state index < -0.39 is 0 Å². The molecule has 21 heavy (non-hydrogen) atoms. The topological polar surface area (TPSA) is 52.5 Å². The largest absolute Gasteiger partial charge is 0.496 e. The molecule has 0 bridgehead atoms. The first kappa shape index (κ1) is 13.5. The second kappa shape index (κ2) is 4.81. The Kier molecular flexibility index (Phi) is 3.09. The van der Waals surface area contributed by atoms with Crippen LogP contribution in [0.25, 0.3) is 16.9 Å². The highest BCUT2D eigenvalue weighted by molar-refractivity contribution is 5.78. The predicted molar refractivity (Wildman–Crippen MR) is 85.8 cm³/mol. The number of nitrogens with zero attached hydrogens (tertiary/aromatic N) is 2. The number of ether oxygens (including phenoxy) is 1. The second-order valence-electron chi connectivity index (χ2n) is 5.41. The molecule has 2 heterocycles. The smallest absolute Gasteiger partial charge is 0.139 e. The van der Waals surface area contributed by atoms with Crippen LogP contribution in [-0.2, 0) is 0 Å².